The van der Waals surface area contributed by atoms with Crippen LogP contribution < -0.4 is 5.32 Å². The molecule has 8 heteroatoms. The average Bonchev–Trinajstić information content (AvgIpc) is 3.24. The van der Waals surface area contributed by atoms with Gasteiger partial charge in [-0.3, -0.25) is 4.79 Å². The first kappa shape index (κ1) is 15.0. The van der Waals surface area contributed by atoms with Gasteiger partial charge in [0.1, 0.15) is 5.03 Å². The maximum Gasteiger partial charge on any atom is 0.230 e. The molecule has 2 aromatic rings. The van der Waals surface area contributed by atoms with E-state index in [1.807, 2.05) is 18.2 Å². The fourth-order valence-electron chi connectivity index (χ4n) is 2.14. The minimum absolute atomic E-state index is 0.0153. The number of aromatic nitrogens is 4. The Hall–Kier alpha value is -1.93. The Morgan fingerprint density at radius 2 is 2.41 bits per heavy atom. The van der Waals surface area contributed by atoms with Crippen LogP contribution in [0.5, 0.6) is 0 Å². The second kappa shape index (κ2) is 7.37. The van der Waals surface area contributed by atoms with Crippen LogP contribution in [0.4, 0.5) is 0 Å². The lowest BCUT2D eigenvalue weighted by Gasteiger charge is -2.10. The van der Waals surface area contributed by atoms with Gasteiger partial charge in [0, 0.05) is 25.5 Å². The van der Waals surface area contributed by atoms with Crippen LogP contribution in [0.15, 0.2) is 35.6 Å². The van der Waals surface area contributed by atoms with E-state index in [1.165, 1.54) is 11.8 Å². The van der Waals surface area contributed by atoms with Crippen LogP contribution in [0.25, 0.3) is 5.82 Å². The van der Waals surface area contributed by atoms with Gasteiger partial charge in [-0.25, -0.2) is 4.68 Å². The lowest BCUT2D eigenvalue weighted by atomic mass is 10.2. The van der Waals surface area contributed by atoms with Gasteiger partial charge in [-0.05, 0) is 31.0 Å². The maximum absolute atomic E-state index is 11.8. The molecule has 0 unspecified atom stereocenters. The number of carbonyl (C=O) groups excluding carboxylic acids is 1. The molecule has 1 saturated heterocycles. The minimum atomic E-state index is -0.0153. The molecule has 3 heterocycles. The summed E-state index contributed by atoms with van der Waals surface area (Å²) < 4.78 is 7.10. The van der Waals surface area contributed by atoms with Crippen LogP contribution in [0, 0.1) is 0 Å². The van der Waals surface area contributed by atoms with Gasteiger partial charge in [0.05, 0.1) is 11.9 Å². The van der Waals surface area contributed by atoms with Gasteiger partial charge in [0.2, 0.25) is 5.91 Å². The predicted molar refractivity (Wildman–Crippen MR) is 81.9 cm³/mol. The van der Waals surface area contributed by atoms with Crippen molar-refractivity contribution in [1.82, 2.24) is 25.3 Å². The van der Waals surface area contributed by atoms with E-state index in [-0.39, 0.29) is 12.0 Å². The zero-order valence-corrected chi connectivity index (χ0v) is 12.8. The van der Waals surface area contributed by atoms with Crippen molar-refractivity contribution in [2.75, 3.05) is 18.9 Å². The molecule has 1 aliphatic rings. The molecular weight excluding hydrogens is 302 g/mol. The summed E-state index contributed by atoms with van der Waals surface area (Å²) in [4.78, 5) is 11.8. The third-order valence-corrected chi connectivity index (χ3v) is 4.19. The second-order valence-electron chi connectivity index (χ2n) is 4.91. The fourth-order valence-corrected chi connectivity index (χ4v) is 2.78. The molecule has 7 nitrogen and oxygen atoms in total. The molecule has 3 rings (SSSR count). The van der Waals surface area contributed by atoms with E-state index in [1.54, 1.807) is 17.1 Å². The fraction of sp³-hybridized carbons (Fsp3) is 0.429. The number of nitrogens with zero attached hydrogens (tertiary/aromatic N) is 4. The lowest BCUT2D eigenvalue weighted by molar-refractivity contribution is -0.119. The Morgan fingerprint density at radius 1 is 1.45 bits per heavy atom. The molecule has 1 aliphatic heterocycles. The molecule has 116 valence electrons. The van der Waals surface area contributed by atoms with E-state index in [9.17, 15) is 4.79 Å². The Balaban J connectivity index is 1.43. The van der Waals surface area contributed by atoms with Crippen molar-refractivity contribution in [3.05, 3.63) is 30.6 Å². The van der Waals surface area contributed by atoms with Crippen molar-refractivity contribution in [2.24, 2.45) is 0 Å². The maximum atomic E-state index is 11.8. The Bertz CT molecular complexity index is 596. The second-order valence-corrected chi connectivity index (χ2v) is 5.90. The van der Waals surface area contributed by atoms with Crippen molar-refractivity contribution in [1.29, 1.82) is 0 Å². The number of hydrogen-bond acceptors (Lipinski definition) is 6. The summed E-state index contributed by atoms with van der Waals surface area (Å²) in [5.74, 6) is 0.957. The van der Waals surface area contributed by atoms with E-state index in [0.717, 1.165) is 19.4 Å². The molecule has 1 amide bonds. The molecule has 0 spiro atoms. The topological polar surface area (TPSA) is 81.9 Å². The zero-order valence-electron chi connectivity index (χ0n) is 12.0. The van der Waals surface area contributed by atoms with Crippen molar-refractivity contribution in [2.45, 2.75) is 24.0 Å². The molecule has 22 heavy (non-hydrogen) atoms. The molecule has 1 fully saturated rings. The van der Waals surface area contributed by atoms with E-state index in [0.29, 0.717) is 23.1 Å². The van der Waals surface area contributed by atoms with Gasteiger partial charge >= 0.3 is 0 Å². The van der Waals surface area contributed by atoms with Crippen molar-refractivity contribution in [3.63, 3.8) is 0 Å². The SMILES string of the molecule is O=C(CSc1ccc(-n2cccn2)nn1)NC[C@H]1CCCO1. The summed E-state index contributed by atoms with van der Waals surface area (Å²) in [6.07, 6.45) is 5.75. The van der Waals surface area contributed by atoms with Gasteiger partial charge in [0.15, 0.2) is 5.82 Å². The van der Waals surface area contributed by atoms with Crippen molar-refractivity contribution in [3.8, 4) is 5.82 Å². The number of rotatable bonds is 6. The molecule has 0 bridgehead atoms. The third-order valence-electron chi connectivity index (χ3n) is 3.27. The molecule has 1 atom stereocenters. The summed E-state index contributed by atoms with van der Waals surface area (Å²) in [5, 5.41) is 15.9. The molecule has 2 aromatic heterocycles. The average molecular weight is 319 g/mol. The highest BCUT2D eigenvalue weighted by molar-refractivity contribution is 7.99. The smallest absolute Gasteiger partial charge is 0.230 e. The standard InChI is InChI=1S/C14H17N5O2S/c20-13(15-9-11-3-1-8-21-11)10-22-14-5-4-12(17-18-14)19-7-2-6-16-19/h2,4-7,11H,1,3,8-10H2,(H,15,20)/t11-/m1/s1. The monoisotopic (exact) mass is 319 g/mol. The van der Waals surface area contributed by atoms with Crippen LogP contribution in [-0.2, 0) is 9.53 Å². The molecule has 0 aliphatic carbocycles. The highest BCUT2D eigenvalue weighted by Gasteiger charge is 2.16. The minimum Gasteiger partial charge on any atom is -0.376 e. The Kier molecular flexibility index (Phi) is 5.02. The van der Waals surface area contributed by atoms with Crippen molar-refractivity contribution >= 4 is 17.7 Å². The molecular formula is C14H17N5O2S. The van der Waals surface area contributed by atoms with Crippen LogP contribution in [0.3, 0.4) is 0 Å². The number of carbonyl (C=O) groups is 1. The summed E-state index contributed by atoms with van der Waals surface area (Å²) in [5.41, 5.74) is 0. The molecule has 0 saturated carbocycles. The first-order valence-electron chi connectivity index (χ1n) is 7.16. The number of ether oxygens (including phenoxy) is 1. The number of thioether (sulfide) groups is 1. The quantitative estimate of drug-likeness (QED) is 0.802. The largest absolute Gasteiger partial charge is 0.376 e. The first-order valence-corrected chi connectivity index (χ1v) is 8.15. The van der Waals surface area contributed by atoms with Crippen molar-refractivity contribution < 1.29 is 9.53 Å². The highest BCUT2D eigenvalue weighted by Crippen LogP contribution is 2.15. The van der Waals surface area contributed by atoms with Crippen LogP contribution in [0.1, 0.15) is 12.8 Å². The highest BCUT2D eigenvalue weighted by atomic mass is 32.2. The van der Waals surface area contributed by atoms with Crippen LogP contribution in [0.2, 0.25) is 0 Å². The number of hydrogen-bond donors (Lipinski definition) is 1. The lowest BCUT2D eigenvalue weighted by Crippen LogP contribution is -2.32. The van der Waals surface area contributed by atoms with Gasteiger partial charge in [-0.2, -0.15) is 5.10 Å². The molecule has 1 N–H and O–H groups in total. The Labute approximate surface area is 132 Å². The summed E-state index contributed by atoms with van der Waals surface area (Å²) in [6, 6.07) is 5.48. The van der Waals surface area contributed by atoms with E-state index < -0.39 is 0 Å². The van der Waals surface area contributed by atoms with Gasteiger partial charge in [0.25, 0.3) is 0 Å². The van der Waals surface area contributed by atoms with Gasteiger partial charge in [-0.1, -0.05) is 11.8 Å². The summed E-state index contributed by atoms with van der Waals surface area (Å²) in [7, 11) is 0. The van der Waals surface area contributed by atoms with E-state index in [4.69, 9.17) is 4.74 Å². The van der Waals surface area contributed by atoms with E-state index in [2.05, 4.69) is 20.6 Å². The molecule has 0 radical (unpaired) electrons. The van der Waals surface area contributed by atoms with E-state index >= 15 is 0 Å². The van der Waals surface area contributed by atoms with Crippen LogP contribution in [-0.4, -0.2) is 50.9 Å². The normalized spacial score (nSPS) is 17.5. The molecule has 0 aromatic carbocycles. The van der Waals surface area contributed by atoms with Gasteiger partial charge < -0.3 is 10.1 Å². The van der Waals surface area contributed by atoms with Gasteiger partial charge in [-0.15, -0.1) is 10.2 Å². The Morgan fingerprint density at radius 3 is 3.09 bits per heavy atom. The zero-order chi connectivity index (χ0) is 15.2. The predicted octanol–water partition coefficient (Wildman–Crippen LogP) is 1.05. The number of nitrogens with one attached hydrogen (secondary N) is 1. The third kappa shape index (κ3) is 4.05. The van der Waals surface area contributed by atoms with Crippen LogP contribution >= 0.6 is 11.8 Å². The summed E-state index contributed by atoms with van der Waals surface area (Å²) in [6.45, 7) is 1.39. The first-order chi connectivity index (χ1) is 10.8. The number of amides is 1. The summed E-state index contributed by atoms with van der Waals surface area (Å²) >= 11 is 1.36.